The first-order chi connectivity index (χ1) is 12.4. The van der Waals surface area contributed by atoms with Gasteiger partial charge in [-0.3, -0.25) is 0 Å². The quantitative estimate of drug-likeness (QED) is 0.369. The molecule has 0 spiro atoms. The molecule has 0 aromatic rings. The number of rotatable bonds is 14. The Labute approximate surface area is 171 Å². The number of carbonyl (C=O) groups is 1. The van der Waals surface area contributed by atoms with Crippen LogP contribution in [0.4, 0.5) is 0 Å². The highest BCUT2D eigenvalue weighted by molar-refractivity contribution is 5.63. The van der Waals surface area contributed by atoms with E-state index in [1.54, 1.807) is 6.92 Å². The van der Waals surface area contributed by atoms with Crippen LogP contribution in [0.2, 0.25) is 0 Å². The number of carbonyl (C=O) groups excluding carboxylic acids is 1. The average Bonchev–Trinajstić information content (AvgIpc) is 2.53. The third-order valence-electron chi connectivity index (χ3n) is 5.18. The Kier molecular flexibility index (Phi) is 17.4. The van der Waals surface area contributed by atoms with Gasteiger partial charge in [0.1, 0.15) is 0 Å². The summed E-state index contributed by atoms with van der Waals surface area (Å²) < 4.78 is 1.38. The summed E-state index contributed by atoms with van der Waals surface area (Å²) in [6, 6.07) is 0. The van der Waals surface area contributed by atoms with Crippen molar-refractivity contribution in [3.63, 3.8) is 0 Å². The lowest BCUT2D eigenvalue weighted by atomic mass is 10.0. The fourth-order valence-electron chi connectivity index (χ4n) is 3.00. The van der Waals surface area contributed by atoms with E-state index < -0.39 is 5.97 Å². The molecule has 0 saturated heterocycles. The minimum Gasteiger partial charge on any atom is -0.550 e. The second-order valence-corrected chi connectivity index (χ2v) is 10.1. The van der Waals surface area contributed by atoms with Gasteiger partial charge in [0.15, 0.2) is 0 Å². The molecule has 0 aromatic heterocycles. The maximum atomic E-state index is 9.49. The highest BCUT2D eigenvalue weighted by atomic mass is 16.4. The third kappa shape index (κ3) is 20.0. The first-order valence-electron chi connectivity index (χ1n) is 11.5. The Morgan fingerprint density at radius 2 is 0.926 bits per heavy atom. The minimum atomic E-state index is -0.961. The normalized spacial score (nSPS) is 12.0. The molecule has 0 fully saturated rings. The summed E-state index contributed by atoms with van der Waals surface area (Å²) in [5.74, 6) is 2.37. The molecule has 0 bridgehead atoms. The highest BCUT2D eigenvalue weighted by Gasteiger charge is 2.27. The van der Waals surface area contributed by atoms with Crippen LogP contribution >= 0.6 is 0 Å². The summed E-state index contributed by atoms with van der Waals surface area (Å²) in [6.07, 6.45) is 6.38. The van der Waals surface area contributed by atoms with Gasteiger partial charge in [-0.2, -0.15) is 0 Å². The summed E-state index contributed by atoms with van der Waals surface area (Å²) in [5.41, 5.74) is 0. The molecule has 0 unspecified atom stereocenters. The van der Waals surface area contributed by atoms with Crippen molar-refractivity contribution in [2.75, 3.05) is 26.2 Å². The van der Waals surface area contributed by atoms with E-state index >= 15 is 0 Å². The molecule has 0 radical (unpaired) electrons. The molecule has 0 amide bonds. The van der Waals surface area contributed by atoms with Crippen LogP contribution in [-0.2, 0) is 4.79 Å². The fraction of sp³-hybridized carbons (Fsp3) is 0.958. The molecule has 3 nitrogen and oxygen atoms in total. The van der Waals surface area contributed by atoms with E-state index in [0.29, 0.717) is 6.42 Å². The van der Waals surface area contributed by atoms with Crippen molar-refractivity contribution in [1.82, 2.24) is 0 Å². The molecule has 0 saturated carbocycles. The van der Waals surface area contributed by atoms with Gasteiger partial charge in [-0.25, -0.2) is 0 Å². The van der Waals surface area contributed by atoms with E-state index in [9.17, 15) is 9.90 Å². The van der Waals surface area contributed by atoms with Crippen molar-refractivity contribution in [3.05, 3.63) is 0 Å². The van der Waals surface area contributed by atoms with Gasteiger partial charge in [-0.1, -0.05) is 68.7 Å². The summed E-state index contributed by atoms with van der Waals surface area (Å²) >= 11 is 0. The number of hydrogen-bond acceptors (Lipinski definition) is 2. The van der Waals surface area contributed by atoms with E-state index in [1.807, 2.05) is 0 Å². The Morgan fingerprint density at radius 3 is 1.04 bits per heavy atom. The van der Waals surface area contributed by atoms with Gasteiger partial charge in [0.25, 0.3) is 0 Å². The predicted molar refractivity (Wildman–Crippen MR) is 117 cm³/mol. The number of quaternary nitrogens is 1. The minimum absolute atomic E-state index is 0.181. The maximum absolute atomic E-state index is 9.49. The molecule has 3 heteroatoms. The molecule has 0 rings (SSSR count). The first kappa shape index (κ1) is 28.6. The Morgan fingerprint density at radius 1 is 0.667 bits per heavy atom. The maximum Gasteiger partial charge on any atom is 0.0789 e. The van der Waals surface area contributed by atoms with Crippen molar-refractivity contribution in [2.45, 2.75) is 101 Å². The smallest absolute Gasteiger partial charge is 0.0789 e. The number of nitrogens with zero attached hydrogens (tertiary/aromatic N) is 1. The molecule has 0 aliphatic rings. The molecule has 0 heterocycles. The van der Waals surface area contributed by atoms with Crippen LogP contribution in [0, 0.1) is 23.7 Å². The third-order valence-corrected chi connectivity index (χ3v) is 5.18. The standard InChI is InChI=1S/C20H44N.C4H8O2/c1-17(2)9-13-21(14-10-18(3)4,15-11-19(5)6)16-12-20(7)8;1-2-3-4(5)6/h17-20H,9-16H2,1-8H3;2-3H2,1H3,(H,5,6)/q+1;/p-1. The van der Waals surface area contributed by atoms with Gasteiger partial charge in [0.2, 0.25) is 0 Å². The van der Waals surface area contributed by atoms with E-state index in [4.69, 9.17) is 0 Å². The zero-order chi connectivity index (χ0) is 21.5. The number of aliphatic carboxylic acids is 1. The van der Waals surface area contributed by atoms with Crippen LogP contribution in [0.1, 0.15) is 101 Å². The lowest BCUT2D eigenvalue weighted by molar-refractivity contribution is -0.930. The first-order valence-corrected chi connectivity index (χ1v) is 11.5. The van der Waals surface area contributed by atoms with Crippen LogP contribution in [0.3, 0.4) is 0 Å². The number of carboxylic acid groups (broad SMARTS) is 1. The van der Waals surface area contributed by atoms with Crippen LogP contribution in [0.15, 0.2) is 0 Å². The van der Waals surface area contributed by atoms with Crippen molar-refractivity contribution in [2.24, 2.45) is 23.7 Å². The molecule has 0 aliphatic carbocycles. The van der Waals surface area contributed by atoms with Gasteiger partial charge in [0, 0.05) is 5.97 Å². The molecule has 0 aromatic carbocycles. The Hall–Kier alpha value is -0.570. The summed E-state index contributed by atoms with van der Waals surface area (Å²) in [5, 5.41) is 9.49. The van der Waals surface area contributed by atoms with Crippen LogP contribution in [0.5, 0.6) is 0 Å². The molecule has 0 atom stereocenters. The monoisotopic (exact) mass is 385 g/mol. The van der Waals surface area contributed by atoms with Crippen molar-refractivity contribution < 1.29 is 14.4 Å². The predicted octanol–water partition coefficient (Wildman–Crippen LogP) is 5.52. The summed E-state index contributed by atoms with van der Waals surface area (Å²) in [6.45, 7) is 26.4. The Balaban J connectivity index is 0. The summed E-state index contributed by atoms with van der Waals surface area (Å²) in [4.78, 5) is 9.49. The van der Waals surface area contributed by atoms with Gasteiger partial charge < -0.3 is 14.4 Å². The lowest BCUT2D eigenvalue weighted by Crippen LogP contribution is -2.52. The average molecular weight is 386 g/mol. The molecule has 0 aliphatic heterocycles. The topological polar surface area (TPSA) is 40.1 Å². The highest BCUT2D eigenvalue weighted by Crippen LogP contribution is 2.21. The largest absolute Gasteiger partial charge is 0.550 e. The van der Waals surface area contributed by atoms with E-state index in [1.165, 1.54) is 56.3 Å². The van der Waals surface area contributed by atoms with E-state index in [-0.39, 0.29) is 6.42 Å². The van der Waals surface area contributed by atoms with Crippen molar-refractivity contribution >= 4 is 5.97 Å². The second kappa shape index (κ2) is 16.4. The molecule has 27 heavy (non-hydrogen) atoms. The second-order valence-electron chi connectivity index (χ2n) is 10.1. The molecule has 164 valence electrons. The zero-order valence-corrected chi connectivity index (χ0v) is 20.1. The SMILES string of the molecule is CC(C)CC[N+](CCC(C)C)(CCC(C)C)CCC(C)C.CCCC(=O)[O-]. The zero-order valence-electron chi connectivity index (χ0n) is 20.1. The number of carboxylic acids is 1. The van der Waals surface area contributed by atoms with Gasteiger partial charge in [-0.05, 0) is 55.8 Å². The fourth-order valence-corrected chi connectivity index (χ4v) is 3.00. The van der Waals surface area contributed by atoms with Gasteiger partial charge in [-0.15, -0.1) is 0 Å². The summed E-state index contributed by atoms with van der Waals surface area (Å²) in [7, 11) is 0. The number of hydrogen-bond donors (Lipinski definition) is 0. The van der Waals surface area contributed by atoms with Gasteiger partial charge >= 0.3 is 0 Å². The molecular weight excluding hydrogens is 334 g/mol. The van der Waals surface area contributed by atoms with E-state index in [2.05, 4.69) is 55.4 Å². The van der Waals surface area contributed by atoms with Gasteiger partial charge in [0.05, 0.1) is 26.2 Å². The van der Waals surface area contributed by atoms with Crippen LogP contribution in [0.25, 0.3) is 0 Å². The van der Waals surface area contributed by atoms with Crippen molar-refractivity contribution in [3.8, 4) is 0 Å². The van der Waals surface area contributed by atoms with E-state index in [0.717, 1.165) is 23.7 Å². The van der Waals surface area contributed by atoms with Crippen LogP contribution in [-0.4, -0.2) is 36.6 Å². The molecular formula is C24H51NO2. The van der Waals surface area contributed by atoms with Crippen molar-refractivity contribution in [1.29, 1.82) is 0 Å². The Bertz CT molecular complexity index is 295. The lowest BCUT2D eigenvalue weighted by Gasteiger charge is -2.41. The van der Waals surface area contributed by atoms with Crippen LogP contribution < -0.4 is 5.11 Å². The molecule has 0 N–H and O–H groups in total.